The third kappa shape index (κ3) is 3.17. The lowest BCUT2D eigenvalue weighted by atomic mass is 10.1. The molecular weight excluding hydrogens is 541 g/mol. The number of rotatable bonds is 3. The summed E-state index contributed by atoms with van der Waals surface area (Å²) >= 11 is 1.91. The maximum absolute atomic E-state index is 2.47. The molecule has 0 N–H and O–H groups in total. The molecule has 3 heteroatoms. The Morgan fingerprint density at radius 1 is 0.395 bits per heavy atom. The number of para-hydroxylation sites is 3. The third-order valence-corrected chi connectivity index (χ3v) is 10.3. The number of benzene rings is 6. The fourth-order valence-electron chi connectivity index (χ4n) is 7.19. The van der Waals surface area contributed by atoms with Crippen molar-refractivity contribution in [3.63, 3.8) is 0 Å². The molecule has 10 rings (SSSR count). The van der Waals surface area contributed by atoms with Crippen LogP contribution in [-0.2, 0) is 0 Å². The quantitative estimate of drug-likeness (QED) is 0.202. The van der Waals surface area contributed by atoms with Gasteiger partial charge in [0.1, 0.15) is 0 Å². The second-order valence-corrected chi connectivity index (χ2v) is 12.4. The fraction of sp³-hybridized carbons (Fsp3) is 0. The van der Waals surface area contributed by atoms with E-state index in [1.54, 1.807) is 0 Å². The van der Waals surface area contributed by atoms with Gasteiger partial charge in [-0.15, -0.1) is 11.3 Å². The summed E-state index contributed by atoms with van der Waals surface area (Å²) in [5.41, 5.74) is 11.3. The molecule has 4 aromatic heterocycles. The maximum Gasteiger partial charge on any atom is 0.0656 e. The lowest BCUT2D eigenvalue weighted by Gasteiger charge is -2.10. The average Bonchev–Trinajstić information content (AvgIpc) is 3.81. The summed E-state index contributed by atoms with van der Waals surface area (Å²) in [6.45, 7) is 0. The lowest BCUT2D eigenvalue weighted by molar-refractivity contribution is 1.18. The van der Waals surface area contributed by atoms with Gasteiger partial charge in [0.15, 0.2) is 0 Å². The number of thiophene rings is 1. The summed E-state index contributed by atoms with van der Waals surface area (Å²) in [5.74, 6) is 0. The molecule has 0 aliphatic rings. The Morgan fingerprint density at radius 3 is 1.95 bits per heavy atom. The van der Waals surface area contributed by atoms with Crippen molar-refractivity contribution in [1.29, 1.82) is 0 Å². The number of hydrogen-bond acceptors (Lipinski definition) is 1. The van der Waals surface area contributed by atoms with Crippen LogP contribution in [0.5, 0.6) is 0 Å². The minimum atomic E-state index is 1.18. The SMILES string of the molecule is c1ccc(-c2cccc(-n3c4ccccc4c4cc(-c5cc6c(s5)c5cccc7c8ccccc8n6c75)ccc43)c2)cc1. The van der Waals surface area contributed by atoms with Crippen LogP contribution in [0.25, 0.3) is 86.5 Å². The zero-order chi connectivity index (χ0) is 28.1. The van der Waals surface area contributed by atoms with E-state index in [1.807, 2.05) is 11.3 Å². The van der Waals surface area contributed by atoms with E-state index in [2.05, 4.69) is 155 Å². The highest BCUT2D eigenvalue weighted by molar-refractivity contribution is 7.23. The van der Waals surface area contributed by atoms with Crippen LogP contribution in [0.15, 0.2) is 146 Å². The van der Waals surface area contributed by atoms with Gasteiger partial charge >= 0.3 is 0 Å². The minimum absolute atomic E-state index is 1.18. The predicted molar refractivity (Wildman–Crippen MR) is 184 cm³/mol. The number of aromatic nitrogens is 2. The van der Waals surface area contributed by atoms with Gasteiger partial charge in [-0.3, -0.25) is 0 Å². The van der Waals surface area contributed by atoms with Gasteiger partial charge in [0.25, 0.3) is 0 Å². The Morgan fingerprint density at radius 2 is 1.07 bits per heavy atom. The predicted octanol–water partition coefficient (Wildman–Crippen LogP) is 11.3. The molecule has 0 amide bonds. The van der Waals surface area contributed by atoms with Crippen LogP contribution in [-0.4, -0.2) is 8.97 Å². The van der Waals surface area contributed by atoms with Crippen molar-refractivity contribution in [3.05, 3.63) is 146 Å². The van der Waals surface area contributed by atoms with Gasteiger partial charge in [-0.1, -0.05) is 103 Å². The molecule has 200 valence electrons. The van der Waals surface area contributed by atoms with Crippen molar-refractivity contribution in [2.45, 2.75) is 0 Å². The Labute approximate surface area is 251 Å². The van der Waals surface area contributed by atoms with Gasteiger partial charge in [0.2, 0.25) is 0 Å². The molecule has 10 aromatic rings. The zero-order valence-electron chi connectivity index (χ0n) is 23.2. The molecular formula is C40H24N2S. The first kappa shape index (κ1) is 23.2. The highest BCUT2D eigenvalue weighted by atomic mass is 32.1. The molecule has 0 atom stereocenters. The molecule has 43 heavy (non-hydrogen) atoms. The van der Waals surface area contributed by atoms with Crippen molar-refractivity contribution in [2.24, 2.45) is 0 Å². The van der Waals surface area contributed by atoms with Crippen LogP contribution in [0.3, 0.4) is 0 Å². The molecule has 0 radical (unpaired) electrons. The van der Waals surface area contributed by atoms with Crippen LogP contribution in [0.4, 0.5) is 0 Å². The zero-order valence-corrected chi connectivity index (χ0v) is 24.0. The van der Waals surface area contributed by atoms with Crippen LogP contribution in [0.1, 0.15) is 0 Å². The summed E-state index contributed by atoms with van der Waals surface area (Å²) in [5, 5.41) is 6.56. The second-order valence-electron chi connectivity index (χ2n) is 11.4. The molecule has 2 nitrogen and oxygen atoms in total. The minimum Gasteiger partial charge on any atom is -0.309 e. The Bertz CT molecular complexity index is 2670. The normalized spacial score (nSPS) is 12.2. The monoisotopic (exact) mass is 564 g/mol. The molecule has 0 aliphatic heterocycles. The van der Waals surface area contributed by atoms with E-state index in [9.17, 15) is 0 Å². The van der Waals surface area contributed by atoms with Crippen molar-refractivity contribution in [1.82, 2.24) is 8.97 Å². The molecule has 4 heterocycles. The standard InChI is InChI=1S/C40H24N2S/c1-2-10-25(11-3-1)26-12-8-13-28(22-26)41-34-18-6-5-15-30(34)33-23-27(20-21-36(33)41)38-24-37-40(43-38)32-17-9-16-31-29-14-4-7-19-35(29)42(37)39(31)32/h1-24H. The first-order valence-electron chi connectivity index (χ1n) is 14.7. The topological polar surface area (TPSA) is 9.34 Å². The summed E-state index contributed by atoms with van der Waals surface area (Å²) < 4.78 is 6.25. The van der Waals surface area contributed by atoms with Crippen LogP contribution in [0, 0.1) is 0 Å². The Balaban J connectivity index is 1.19. The average molecular weight is 565 g/mol. The van der Waals surface area contributed by atoms with Gasteiger partial charge in [0.05, 0.1) is 32.3 Å². The van der Waals surface area contributed by atoms with Crippen LogP contribution >= 0.6 is 11.3 Å². The van der Waals surface area contributed by atoms with Crippen molar-refractivity contribution >= 4 is 70.6 Å². The van der Waals surface area contributed by atoms with E-state index in [0.29, 0.717) is 0 Å². The second kappa shape index (κ2) is 8.57. The molecule has 0 saturated heterocycles. The first-order chi connectivity index (χ1) is 21.3. The molecule has 0 saturated carbocycles. The van der Waals surface area contributed by atoms with E-state index in [1.165, 1.54) is 86.5 Å². The Kier molecular flexibility index (Phi) is 4.63. The summed E-state index contributed by atoms with van der Waals surface area (Å²) in [4.78, 5) is 1.30. The highest BCUT2D eigenvalue weighted by Gasteiger charge is 2.20. The van der Waals surface area contributed by atoms with Crippen molar-refractivity contribution < 1.29 is 0 Å². The fourth-order valence-corrected chi connectivity index (χ4v) is 8.36. The number of nitrogens with zero attached hydrogens (tertiary/aromatic N) is 2. The smallest absolute Gasteiger partial charge is 0.0656 e. The molecule has 6 aromatic carbocycles. The molecule has 0 unspecified atom stereocenters. The molecule has 0 aliphatic carbocycles. The van der Waals surface area contributed by atoms with E-state index >= 15 is 0 Å². The van der Waals surface area contributed by atoms with Gasteiger partial charge < -0.3 is 8.97 Å². The first-order valence-corrected chi connectivity index (χ1v) is 15.5. The number of hydrogen-bond donors (Lipinski definition) is 0. The number of fused-ring (bicyclic) bond motifs is 9. The van der Waals surface area contributed by atoms with E-state index in [4.69, 9.17) is 0 Å². The van der Waals surface area contributed by atoms with Gasteiger partial charge in [-0.05, 0) is 59.2 Å². The Hall–Kier alpha value is -5.38. The molecule has 0 bridgehead atoms. The van der Waals surface area contributed by atoms with Crippen molar-refractivity contribution in [3.8, 4) is 27.3 Å². The third-order valence-electron chi connectivity index (χ3n) is 9.06. The van der Waals surface area contributed by atoms with Crippen molar-refractivity contribution in [2.75, 3.05) is 0 Å². The lowest BCUT2D eigenvalue weighted by Crippen LogP contribution is -1.94. The largest absolute Gasteiger partial charge is 0.309 e. The van der Waals surface area contributed by atoms with E-state index in [-0.39, 0.29) is 0 Å². The van der Waals surface area contributed by atoms with E-state index in [0.717, 1.165) is 0 Å². The van der Waals surface area contributed by atoms with E-state index < -0.39 is 0 Å². The molecule has 0 spiro atoms. The summed E-state index contributed by atoms with van der Waals surface area (Å²) in [7, 11) is 0. The van der Waals surface area contributed by atoms with Crippen LogP contribution < -0.4 is 0 Å². The summed E-state index contributed by atoms with van der Waals surface area (Å²) in [6.07, 6.45) is 0. The van der Waals surface area contributed by atoms with Gasteiger partial charge in [-0.25, -0.2) is 0 Å². The van der Waals surface area contributed by atoms with Crippen LogP contribution in [0.2, 0.25) is 0 Å². The highest BCUT2D eigenvalue weighted by Crippen LogP contribution is 2.45. The van der Waals surface area contributed by atoms with Gasteiger partial charge in [-0.2, -0.15) is 0 Å². The molecule has 0 fully saturated rings. The summed E-state index contributed by atoms with van der Waals surface area (Å²) in [6, 6.07) is 53.2. The maximum atomic E-state index is 2.47. The van der Waals surface area contributed by atoms with Gasteiger partial charge in [0, 0.05) is 37.5 Å².